The minimum atomic E-state index is 0.614. The van der Waals surface area contributed by atoms with E-state index in [0.717, 1.165) is 18.2 Å². The van der Waals surface area contributed by atoms with Crippen molar-refractivity contribution in [3.8, 4) is 5.95 Å². The average molecular weight is 267 g/mol. The minimum Gasteiger partial charge on any atom is -0.220 e. The Morgan fingerprint density at radius 1 is 1.27 bits per heavy atom. The molecule has 0 aliphatic heterocycles. The molecular weight excluding hydrogens is 256 g/mol. The van der Waals surface area contributed by atoms with Gasteiger partial charge in [0.15, 0.2) is 0 Å². The predicted molar refractivity (Wildman–Crippen MR) is 61.3 cm³/mol. The van der Waals surface area contributed by atoms with E-state index < -0.39 is 0 Å². The lowest BCUT2D eigenvalue weighted by Crippen LogP contribution is -1.99. The van der Waals surface area contributed by atoms with Gasteiger partial charge in [-0.3, -0.25) is 0 Å². The highest BCUT2D eigenvalue weighted by atomic mass is 79.9. The first kappa shape index (κ1) is 10.3. The molecular formula is C10H11BrN4. The number of halogens is 1. The van der Waals surface area contributed by atoms with E-state index in [9.17, 15) is 0 Å². The van der Waals surface area contributed by atoms with E-state index in [0.29, 0.717) is 5.95 Å². The Hall–Kier alpha value is -1.23. The van der Waals surface area contributed by atoms with Crippen molar-refractivity contribution in [3.63, 3.8) is 0 Å². The summed E-state index contributed by atoms with van der Waals surface area (Å²) in [6, 6.07) is 1.79. The minimum absolute atomic E-state index is 0.614. The van der Waals surface area contributed by atoms with Gasteiger partial charge in [-0.05, 0) is 24.5 Å². The van der Waals surface area contributed by atoms with E-state index in [4.69, 9.17) is 0 Å². The van der Waals surface area contributed by atoms with Crippen LogP contribution in [0.25, 0.3) is 5.95 Å². The zero-order chi connectivity index (χ0) is 10.5. The molecule has 0 amide bonds. The maximum atomic E-state index is 4.22. The molecule has 2 aromatic rings. The Bertz CT molecular complexity index is 412. The normalized spacial score (nSPS) is 10.5. The van der Waals surface area contributed by atoms with Crippen LogP contribution in [0.3, 0.4) is 0 Å². The van der Waals surface area contributed by atoms with Crippen molar-refractivity contribution in [3.05, 3.63) is 36.4 Å². The number of nitrogens with zero attached hydrogens (tertiary/aromatic N) is 4. The zero-order valence-corrected chi connectivity index (χ0v) is 9.76. The van der Waals surface area contributed by atoms with Crippen LogP contribution in [0.15, 0.2) is 30.9 Å². The fourth-order valence-electron chi connectivity index (χ4n) is 1.28. The second kappa shape index (κ2) is 5.02. The van der Waals surface area contributed by atoms with Crippen LogP contribution in [0.1, 0.15) is 12.0 Å². The second-order valence-electron chi connectivity index (χ2n) is 3.13. The fourth-order valence-corrected chi connectivity index (χ4v) is 1.56. The smallest absolute Gasteiger partial charge is 0.220 e. The molecule has 0 N–H and O–H groups in total. The van der Waals surface area contributed by atoms with E-state index in [2.05, 4.69) is 31.0 Å². The Morgan fingerprint density at radius 3 is 2.80 bits per heavy atom. The van der Waals surface area contributed by atoms with E-state index in [-0.39, 0.29) is 0 Å². The third-order valence-corrected chi connectivity index (χ3v) is 2.55. The summed E-state index contributed by atoms with van der Waals surface area (Å²) in [6.07, 6.45) is 9.39. The molecule has 4 nitrogen and oxygen atoms in total. The largest absolute Gasteiger partial charge is 0.250 e. The van der Waals surface area contributed by atoms with Crippen LogP contribution in [0.5, 0.6) is 0 Å². The van der Waals surface area contributed by atoms with Crippen LogP contribution in [0.4, 0.5) is 0 Å². The molecule has 78 valence electrons. The second-order valence-corrected chi connectivity index (χ2v) is 3.93. The van der Waals surface area contributed by atoms with Crippen molar-refractivity contribution in [2.45, 2.75) is 12.8 Å². The summed E-state index contributed by atoms with van der Waals surface area (Å²) >= 11 is 3.41. The summed E-state index contributed by atoms with van der Waals surface area (Å²) in [6.45, 7) is 0. The van der Waals surface area contributed by atoms with Crippen LogP contribution < -0.4 is 0 Å². The molecule has 0 unspecified atom stereocenters. The van der Waals surface area contributed by atoms with Crippen molar-refractivity contribution >= 4 is 15.9 Å². The fraction of sp³-hybridized carbons (Fsp3) is 0.300. The Labute approximate surface area is 96.5 Å². The van der Waals surface area contributed by atoms with Gasteiger partial charge < -0.3 is 0 Å². The molecule has 0 saturated heterocycles. The van der Waals surface area contributed by atoms with Gasteiger partial charge in [-0.25, -0.2) is 14.6 Å². The van der Waals surface area contributed by atoms with Crippen LogP contribution in [-0.2, 0) is 6.42 Å². The Morgan fingerprint density at radius 2 is 2.07 bits per heavy atom. The van der Waals surface area contributed by atoms with E-state index >= 15 is 0 Å². The van der Waals surface area contributed by atoms with Crippen molar-refractivity contribution in [1.82, 2.24) is 19.7 Å². The number of hydrogen-bond donors (Lipinski definition) is 0. The first-order valence-electron chi connectivity index (χ1n) is 4.77. The number of hydrogen-bond acceptors (Lipinski definition) is 3. The third kappa shape index (κ3) is 2.62. The van der Waals surface area contributed by atoms with Gasteiger partial charge in [0, 0.05) is 23.9 Å². The molecule has 0 fully saturated rings. The van der Waals surface area contributed by atoms with Gasteiger partial charge in [-0.15, -0.1) is 0 Å². The molecule has 0 spiro atoms. The van der Waals surface area contributed by atoms with Gasteiger partial charge in [-0.1, -0.05) is 15.9 Å². The maximum absolute atomic E-state index is 4.22. The van der Waals surface area contributed by atoms with Gasteiger partial charge >= 0.3 is 0 Å². The first-order chi connectivity index (χ1) is 7.40. The van der Waals surface area contributed by atoms with E-state index in [1.165, 1.54) is 5.56 Å². The molecule has 0 aliphatic rings. The van der Waals surface area contributed by atoms with Gasteiger partial charge in [0.25, 0.3) is 0 Å². The number of rotatable bonds is 4. The topological polar surface area (TPSA) is 43.6 Å². The van der Waals surface area contributed by atoms with Crippen molar-refractivity contribution < 1.29 is 0 Å². The molecule has 0 aliphatic carbocycles. The Balaban J connectivity index is 2.14. The summed E-state index contributed by atoms with van der Waals surface area (Å²) in [7, 11) is 0. The summed E-state index contributed by atoms with van der Waals surface area (Å²) in [5.74, 6) is 0.614. The molecule has 5 heteroatoms. The summed E-state index contributed by atoms with van der Waals surface area (Å²) < 4.78 is 1.70. The lowest BCUT2D eigenvalue weighted by Gasteiger charge is -1.96. The van der Waals surface area contributed by atoms with Crippen molar-refractivity contribution in [2.75, 3.05) is 5.33 Å². The number of alkyl halides is 1. The van der Waals surface area contributed by atoms with Gasteiger partial charge in [0.05, 0.1) is 6.20 Å². The molecule has 15 heavy (non-hydrogen) atoms. The molecule has 2 heterocycles. The highest BCUT2D eigenvalue weighted by molar-refractivity contribution is 9.09. The van der Waals surface area contributed by atoms with Crippen LogP contribution in [0.2, 0.25) is 0 Å². The Kier molecular flexibility index (Phi) is 3.45. The van der Waals surface area contributed by atoms with E-state index in [1.807, 2.05) is 12.4 Å². The van der Waals surface area contributed by atoms with Gasteiger partial charge in [-0.2, -0.15) is 5.10 Å². The van der Waals surface area contributed by atoms with Gasteiger partial charge in [0.2, 0.25) is 5.95 Å². The van der Waals surface area contributed by atoms with Crippen LogP contribution in [-0.4, -0.2) is 25.1 Å². The lowest BCUT2D eigenvalue weighted by atomic mass is 10.2. The molecule has 0 saturated carbocycles. The SMILES string of the molecule is BrCCCc1cnn(-c2ncccn2)c1. The maximum Gasteiger partial charge on any atom is 0.250 e. The summed E-state index contributed by atoms with van der Waals surface area (Å²) in [4.78, 5) is 8.25. The summed E-state index contributed by atoms with van der Waals surface area (Å²) in [5.41, 5.74) is 1.21. The van der Waals surface area contributed by atoms with Crippen molar-refractivity contribution in [1.29, 1.82) is 0 Å². The van der Waals surface area contributed by atoms with Crippen LogP contribution in [0, 0.1) is 0 Å². The predicted octanol–water partition coefficient (Wildman–Crippen LogP) is 1.99. The number of aromatic nitrogens is 4. The molecule has 0 atom stereocenters. The molecule has 0 radical (unpaired) electrons. The lowest BCUT2D eigenvalue weighted by molar-refractivity contribution is 0.806. The zero-order valence-electron chi connectivity index (χ0n) is 8.17. The average Bonchev–Trinajstić information content (AvgIpc) is 2.76. The van der Waals surface area contributed by atoms with E-state index in [1.54, 1.807) is 23.1 Å². The standard InChI is InChI=1S/C10H11BrN4/c11-4-1-3-9-7-14-15(8-9)10-12-5-2-6-13-10/h2,5-8H,1,3-4H2. The van der Waals surface area contributed by atoms with Crippen molar-refractivity contribution in [2.24, 2.45) is 0 Å². The highest BCUT2D eigenvalue weighted by Gasteiger charge is 2.01. The number of aryl methyl sites for hydroxylation is 1. The summed E-state index contributed by atoms with van der Waals surface area (Å²) in [5, 5.41) is 5.23. The monoisotopic (exact) mass is 266 g/mol. The quantitative estimate of drug-likeness (QED) is 0.796. The first-order valence-corrected chi connectivity index (χ1v) is 5.89. The van der Waals surface area contributed by atoms with Crippen LogP contribution >= 0.6 is 15.9 Å². The third-order valence-electron chi connectivity index (χ3n) is 1.99. The molecule has 0 aromatic carbocycles. The highest BCUT2D eigenvalue weighted by Crippen LogP contribution is 2.05. The molecule has 2 aromatic heterocycles. The molecule has 0 bridgehead atoms. The van der Waals surface area contributed by atoms with Gasteiger partial charge in [0.1, 0.15) is 0 Å². The molecule has 2 rings (SSSR count).